The van der Waals surface area contributed by atoms with Gasteiger partial charge in [-0.3, -0.25) is 9.59 Å². The lowest BCUT2D eigenvalue weighted by Gasteiger charge is -2.34. The maximum atomic E-state index is 13.1. The first-order valence-corrected chi connectivity index (χ1v) is 9.96. The number of carbonyl (C=O) groups is 2. The highest BCUT2D eigenvalue weighted by molar-refractivity contribution is 5.88. The maximum Gasteiger partial charge on any atom is 0.249 e. The highest BCUT2D eigenvalue weighted by Gasteiger charge is 2.30. The van der Waals surface area contributed by atoms with Gasteiger partial charge in [-0.15, -0.1) is 0 Å². The summed E-state index contributed by atoms with van der Waals surface area (Å²) in [6.45, 7) is 6.59. The highest BCUT2D eigenvalue weighted by Crippen LogP contribution is 2.21. The van der Waals surface area contributed by atoms with Crippen molar-refractivity contribution in [2.75, 3.05) is 26.2 Å². The Morgan fingerprint density at radius 2 is 1.89 bits per heavy atom. The van der Waals surface area contributed by atoms with E-state index in [1.165, 1.54) is 0 Å². The number of carbonyl (C=O) groups excluding carboxylic acids is 2. The van der Waals surface area contributed by atoms with Gasteiger partial charge in [0.25, 0.3) is 0 Å². The van der Waals surface area contributed by atoms with E-state index in [9.17, 15) is 9.59 Å². The normalized spacial score (nSPS) is 16.4. The van der Waals surface area contributed by atoms with E-state index in [4.69, 9.17) is 10.5 Å². The van der Waals surface area contributed by atoms with Crippen molar-refractivity contribution < 1.29 is 14.3 Å². The van der Waals surface area contributed by atoms with Crippen LogP contribution < -0.4 is 11.1 Å². The molecule has 1 aromatic carbocycles. The molecule has 0 aromatic heterocycles. The average Bonchev–Trinajstić information content (AvgIpc) is 2.66. The molecule has 1 heterocycles. The smallest absolute Gasteiger partial charge is 0.249 e. The number of nitrogens with zero attached hydrogens (tertiary/aromatic N) is 1. The van der Waals surface area contributed by atoms with Gasteiger partial charge in [0.15, 0.2) is 0 Å². The number of benzene rings is 1. The summed E-state index contributed by atoms with van der Waals surface area (Å²) in [5.41, 5.74) is 6.32. The zero-order valence-electron chi connectivity index (χ0n) is 16.5. The van der Waals surface area contributed by atoms with Crippen LogP contribution in [0.1, 0.15) is 51.1 Å². The first kappa shape index (κ1) is 21.4. The first-order chi connectivity index (χ1) is 13.0. The third kappa shape index (κ3) is 6.96. The van der Waals surface area contributed by atoms with Gasteiger partial charge in [-0.25, -0.2) is 0 Å². The van der Waals surface area contributed by atoms with E-state index in [1.807, 2.05) is 49.1 Å². The summed E-state index contributed by atoms with van der Waals surface area (Å²) in [4.78, 5) is 27.3. The molecule has 6 heteroatoms. The molecular weight excluding hydrogens is 342 g/mol. The van der Waals surface area contributed by atoms with Crippen molar-refractivity contribution in [1.29, 1.82) is 0 Å². The van der Waals surface area contributed by atoms with Crippen LogP contribution in [-0.4, -0.2) is 49.1 Å². The van der Waals surface area contributed by atoms with Gasteiger partial charge in [0.2, 0.25) is 11.8 Å². The number of hydrogen-bond donors (Lipinski definition) is 2. The number of amides is 2. The Morgan fingerprint density at radius 1 is 1.22 bits per heavy atom. The average molecular weight is 376 g/mol. The molecule has 1 aliphatic heterocycles. The minimum Gasteiger partial charge on any atom is -0.378 e. The second-order valence-electron chi connectivity index (χ2n) is 7.55. The number of nitrogens with two attached hydrogens (primary N) is 1. The lowest BCUT2D eigenvalue weighted by Crippen LogP contribution is -2.47. The van der Waals surface area contributed by atoms with Gasteiger partial charge in [0, 0.05) is 26.1 Å². The molecule has 0 aliphatic carbocycles. The summed E-state index contributed by atoms with van der Waals surface area (Å²) >= 11 is 0. The molecule has 2 amide bonds. The van der Waals surface area contributed by atoms with Crippen LogP contribution in [0.15, 0.2) is 30.3 Å². The predicted octanol–water partition coefficient (Wildman–Crippen LogP) is 2.25. The van der Waals surface area contributed by atoms with Crippen LogP contribution in [0.5, 0.6) is 0 Å². The van der Waals surface area contributed by atoms with Crippen LogP contribution >= 0.6 is 0 Å². The van der Waals surface area contributed by atoms with E-state index in [-0.39, 0.29) is 23.8 Å². The van der Waals surface area contributed by atoms with E-state index in [0.717, 1.165) is 24.8 Å². The summed E-state index contributed by atoms with van der Waals surface area (Å²) in [5, 5.41) is 2.94. The summed E-state index contributed by atoms with van der Waals surface area (Å²) in [6, 6.07) is 8.84. The van der Waals surface area contributed by atoms with Crippen LogP contribution in [0.4, 0.5) is 0 Å². The van der Waals surface area contributed by atoms with Gasteiger partial charge in [-0.2, -0.15) is 0 Å². The van der Waals surface area contributed by atoms with Gasteiger partial charge in [0.05, 0.1) is 6.10 Å². The lowest BCUT2D eigenvalue weighted by atomic mass is 10.0. The monoisotopic (exact) mass is 375 g/mol. The second kappa shape index (κ2) is 11.0. The number of rotatable bonds is 9. The van der Waals surface area contributed by atoms with E-state index in [0.29, 0.717) is 32.7 Å². The van der Waals surface area contributed by atoms with Gasteiger partial charge in [-0.1, -0.05) is 44.2 Å². The van der Waals surface area contributed by atoms with Crippen LogP contribution in [-0.2, 0) is 14.3 Å². The third-order valence-corrected chi connectivity index (χ3v) is 4.73. The molecule has 2 rings (SSSR count). The Labute approximate surface area is 162 Å². The number of piperidine rings is 1. The van der Waals surface area contributed by atoms with E-state index in [2.05, 4.69) is 5.32 Å². The molecule has 150 valence electrons. The fraction of sp³-hybridized carbons (Fsp3) is 0.619. The number of likely N-dealkylation sites (tertiary alicyclic amines) is 1. The van der Waals surface area contributed by atoms with Crippen molar-refractivity contribution in [1.82, 2.24) is 10.2 Å². The molecule has 0 saturated carbocycles. The van der Waals surface area contributed by atoms with Crippen LogP contribution in [0.25, 0.3) is 0 Å². The maximum absolute atomic E-state index is 13.1. The molecule has 1 fully saturated rings. The lowest BCUT2D eigenvalue weighted by molar-refractivity contribution is -0.139. The number of nitrogens with one attached hydrogen (secondary N) is 1. The Morgan fingerprint density at radius 3 is 2.48 bits per heavy atom. The van der Waals surface area contributed by atoms with Crippen molar-refractivity contribution in [3.05, 3.63) is 35.9 Å². The molecular formula is C21H33N3O3. The quantitative estimate of drug-likeness (QED) is 0.648. The predicted molar refractivity (Wildman–Crippen MR) is 106 cm³/mol. The van der Waals surface area contributed by atoms with Crippen molar-refractivity contribution in [2.45, 2.75) is 51.7 Å². The van der Waals surface area contributed by atoms with Gasteiger partial charge < -0.3 is 20.7 Å². The molecule has 27 heavy (non-hydrogen) atoms. The van der Waals surface area contributed by atoms with E-state index < -0.39 is 6.04 Å². The Hall–Kier alpha value is -1.92. The Balaban J connectivity index is 1.99. The molecule has 1 atom stereocenters. The molecule has 3 N–H and O–H groups in total. The van der Waals surface area contributed by atoms with Crippen LogP contribution in [0.2, 0.25) is 0 Å². The van der Waals surface area contributed by atoms with Crippen molar-refractivity contribution in [3.8, 4) is 0 Å². The number of ether oxygens (including phenoxy) is 1. The van der Waals surface area contributed by atoms with Crippen LogP contribution in [0.3, 0.4) is 0 Å². The molecule has 6 nitrogen and oxygen atoms in total. The minimum atomic E-state index is -0.632. The number of hydrogen-bond acceptors (Lipinski definition) is 4. The van der Waals surface area contributed by atoms with Crippen LogP contribution in [0, 0.1) is 5.92 Å². The topological polar surface area (TPSA) is 84.7 Å². The van der Waals surface area contributed by atoms with Gasteiger partial charge in [0.1, 0.15) is 6.04 Å². The third-order valence-electron chi connectivity index (χ3n) is 4.73. The molecule has 1 saturated heterocycles. The summed E-state index contributed by atoms with van der Waals surface area (Å²) < 4.78 is 5.82. The summed E-state index contributed by atoms with van der Waals surface area (Å²) in [6.07, 6.45) is 3.09. The van der Waals surface area contributed by atoms with Gasteiger partial charge >= 0.3 is 0 Å². The largest absolute Gasteiger partial charge is 0.378 e. The SMILES string of the molecule is CC(C)CC(=O)NC(C(=O)N1CCC(OCCCN)CC1)c1ccccc1. The first-order valence-electron chi connectivity index (χ1n) is 9.96. The standard InChI is InChI=1S/C21H33N3O3/c1-16(2)15-19(25)23-20(17-7-4-3-5-8-17)21(26)24-12-9-18(10-13-24)27-14-6-11-22/h3-5,7-8,16,18,20H,6,9-15,22H2,1-2H3,(H,23,25). The fourth-order valence-corrected chi connectivity index (χ4v) is 3.28. The molecule has 1 aliphatic rings. The fourth-order valence-electron chi connectivity index (χ4n) is 3.28. The molecule has 0 radical (unpaired) electrons. The molecule has 1 aromatic rings. The highest BCUT2D eigenvalue weighted by atomic mass is 16.5. The van der Waals surface area contributed by atoms with Crippen molar-refractivity contribution >= 4 is 11.8 Å². The van der Waals surface area contributed by atoms with Crippen molar-refractivity contribution in [3.63, 3.8) is 0 Å². The zero-order valence-corrected chi connectivity index (χ0v) is 16.5. The van der Waals surface area contributed by atoms with Crippen molar-refractivity contribution in [2.24, 2.45) is 11.7 Å². The summed E-state index contributed by atoms with van der Waals surface area (Å²) in [5.74, 6) is 0.115. The summed E-state index contributed by atoms with van der Waals surface area (Å²) in [7, 11) is 0. The second-order valence-corrected chi connectivity index (χ2v) is 7.55. The minimum absolute atomic E-state index is 0.0429. The molecule has 0 spiro atoms. The Bertz CT molecular complexity index is 584. The van der Waals surface area contributed by atoms with E-state index in [1.54, 1.807) is 0 Å². The Kier molecular flexibility index (Phi) is 8.75. The zero-order chi connectivity index (χ0) is 19.6. The molecule has 0 bridgehead atoms. The molecule has 1 unspecified atom stereocenters. The van der Waals surface area contributed by atoms with Gasteiger partial charge in [-0.05, 0) is 37.3 Å². The van der Waals surface area contributed by atoms with E-state index >= 15 is 0 Å².